The molecular formula is C12H8ClF4N3O. The third-order valence-electron chi connectivity index (χ3n) is 2.60. The lowest BCUT2D eigenvalue weighted by molar-refractivity contribution is -0.143. The summed E-state index contributed by atoms with van der Waals surface area (Å²) in [5, 5.41) is 5.46. The first kappa shape index (κ1) is 15.3. The minimum Gasteiger partial charge on any atom is -0.304 e. The van der Waals surface area contributed by atoms with Crippen LogP contribution in [0.15, 0.2) is 24.3 Å². The van der Waals surface area contributed by atoms with Crippen LogP contribution in [-0.4, -0.2) is 15.7 Å². The van der Waals surface area contributed by atoms with E-state index in [1.807, 2.05) is 0 Å². The molecule has 0 aliphatic heterocycles. The lowest BCUT2D eigenvalue weighted by atomic mass is 10.2. The van der Waals surface area contributed by atoms with Gasteiger partial charge in [-0.25, -0.2) is 9.07 Å². The fourth-order valence-electron chi connectivity index (χ4n) is 1.60. The number of carbonyl (C=O) groups is 1. The van der Waals surface area contributed by atoms with Crippen molar-refractivity contribution in [1.29, 1.82) is 0 Å². The predicted molar refractivity (Wildman–Crippen MR) is 67.6 cm³/mol. The molecule has 1 N–H and O–H groups in total. The smallest absolute Gasteiger partial charge is 0.304 e. The van der Waals surface area contributed by atoms with Gasteiger partial charge in [-0.05, 0) is 24.3 Å². The van der Waals surface area contributed by atoms with E-state index in [-0.39, 0.29) is 5.56 Å². The number of anilines is 1. The van der Waals surface area contributed by atoms with E-state index in [0.717, 1.165) is 7.05 Å². The molecule has 2 aromatic rings. The minimum absolute atomic E-state index is 0.119. The number of halogens is 5. The second-order valence-electron chi connectivity index (χ2n) is 4.09. The molecule has 1 aromatic heterocycles. The van der Waals surface area contributed by atoms with Crippen molar-refractivity contribution in [3.8, 4) is 0 Å². The first-order valence-electron chi connectivity index (χ1n) is 5.56. The lowest BCUT2D eigenvalue weighted by Crippen LogP contribution is -2.15. The summed E-state index contributed by atoms with van der Waals surface area (Å²) in [6.45, 7) is 0. The summed E-state index contributed by atoms with van der Waals surface area (Å²) in [6.07, 6.45) is -4.94. The van der Waals surface area contributed by atoms with Crippen LogP contribution in [0.1, 0.15) is 16.1 Å². The molecule has 1 amide bonds. The van der Waals surface area contributed by atoms with Crippen molar-refractivity contribution in [3.63, 3.8) is 0 Å². The molecular weight excluding hydrogens is 314 g/mol. The van der Waals surface area contributed by atoms with E-state index in [1.165, 1.54) is 24.3 Å². The van der Waals surface area contributed by atoms with Crippen LogP contribution < -0.4 is 5.32 Å². The van der Waals surface area contributed by atoms with Gasteiger partial charge in [0.2, 0.25) is 5.69 Å². The zero-order valence-electron chi connectivity index (χ0n) is 10.5. The fourth-order valence-corrected chi connectivity index (χ4v) is 1.72. The Hall–Kier alpha value is -2.09. The maximum absolute atomic E-state index is 13.7. The van der Waals surface area contributed by atoms with E-state index in [0.29, 0.717) is 9.70 Å². The number of aromatic nitrogens is 2. The second kappa shape index (κ2) is 5.36. The van der Waals surface area contributed by atoms with Gasteiger partial charge in [-0.3, -0.25) is 4.79 Å². The normalized spacial score (nSPS) is 11.5. The van der Waals surface area contributed by atoms with Crippen LogP contribution in [0.4, 0.5) is 23.4 Å². The Bertz CT molecular complexity index is 679. The second-order valence-corrected chi connectivity index (χ2v) is 4.53. The lowest BCUT2D eigenvalue weighted by Gasteiger charge is -2.05. The van der Waals surface area contributed by atoms with Crippen molar-refractivity contribution >= 4 is 23.3 Å². The maximum Gasteiger partial charge on any atom is 0.438 e. The average molecular weight is 322 g/mol. The van der Waals surface area contributed by atoms with E-state index >= 15 is 0 Å². The largest absolute Gasteiger partial charge is 0.438 e. The molecule has 0 radical (unpaired) electrons. The molecule has 0 atom stereocenters. The van der Waals surface area contributed by atoms with Gasteiger partial charge in [0.05, 0.1) is 0 Å². The predicted octanol–water partition coefficient (Wildman–Crippen LogP) is 3.48. The number of hydrogen-bond donors (Lipinski definition) is 1. The van der Waals surface area contributed by atoms with Crippen molar-refractivity contribution in [2.75, 3.05) is 5.32 Å². The summed E-state index contributed by atoms with van der Waals surface area (Å²) in [6, 6.07) is 5.57. The SMILES string of the molecule is Cn1nc(C(F)(F)F)c(F)c1NC(=O)c1ccc(Cl)cc1. The Kier molecular flexibility index (Phi) is 3.91. The quantitative estimate of drug-likeness (QED) is 0.861. The molecule has 112 valence electrons. The minimum atomic E-state index is -4.94. The van der Waals surface area contributed by atoms with Gasteiger partial charge in [0.15, 0.2) is 11.6 Å². The summed E-state index contributed by atoms with van der Waals surface area (Å²) in [7, 11) is 1.09. The van der Waals surface area contributed by atoms with E-state index in [1.54, 1.807) is 0 Å². The Morgan fingerprint density at radius 2 is 1.86 bits per heavy atom. The van der Waals surface area contributed by atoms with E-state index < -0.39 is 29.4 Å². The zero-order valence-corrected chi connectivity index (χ0v) is 11.3. The molecule has 9 heteroatoms. The monoisotopic (exact) mass is 321 g/mol. The van der Waals surface area contributed by atoms with Gasteiger partial charge in [-0.1, -0.05) is 11.6 Å². The van der Waals surface area contributed by atoms with Crippen LogP contribution in [0.2, 0.25) is 5.02 Å². The van der Waals surface area contributed by atoms with Crippen molar-refractivity contribution in [2.45, 2.75) is 6.18 Å². The first-order valence-corrected chi connectivity index (χ1v) is 5.94. The van der Waals surface area contributed by atoms with Crippen LogP contribution in [0.3, 0.4) is 0 Å². The number of benzene rings is 1. The Balaban J connectivity index is 2.30. The number of aryl methyl sites for hydroxylation is 1. The highest BCUT2D eigenvalue weighted by atomic mass is 35.5. The van der Waals surface area contributed by atoms with Gasteiger partial charge in [0.1, 0.15) is 0 Å². The molecule has 1 aromatic carbocycles. The molecule has 0 bridgehead atoms. The van der Waals surface area contributed by atoms with Gasteiger partial charge in [0.25, 0.3) is 5.91 Å². The number of amides is 1. The van der Waals surface area contributed by atoms with E-state index in [4.69, 9.17) is 11.6 Å². The molecule has 0 aliphatic rings. The highest BCUT2D eigenvalue weighted by molar-refractivity contribution is 6.30. The van der Waals surface area contributed by atoms with Crippen LogP contribution >= 0.6 is 11.6 Å². The van der Waals surface area contributed by atoms with Gasteiger partial charge in [-0.15, -0.1) is 0 Å². The molecule has 0 saturated heterocycles. The molecule has 0 spiro atoms. The number of alkyl halides is 3. The topological polar surface area (TPSA) is 46.9 Å². The van der Waals surface area contributed by atoms with Crippen molar-refractivity contribution in [2.24, 2.45) is 7.05 Å². The number of rotatable bonds is 2. The molecule has 0 unspecified atom stereocenters. The third-order valence-corrected chi connectivity index (χ3v) is 2.85. The Morgan fingerprint density at radius 3 is 2.33 bits per heavy atom. The average Bonchev–Trinajstić information content (AvgIpc) is 2.67. The van der Waals surface area contributed by atoms with Crippen molar-refractivity contribution < 1.29 is 22.4 Å². The molecule has 0 aliphatic carbocycles. The van der Waals surface area contributed by atoms with E-state index in [2.05, 4.69) is 10.4 Å². The van der Waals surface area contributed by atoms with Gasteiger partial charge < -0.3 is 5.32 Å². The fraction of sp³-hybridized carbons (Fsp3) is 0.167. The van der Waals surface area contributed by atoms with Crippen LogP contribution in [0.5, 0.6) is 0 Å². The molecule has 21 heavy (non-hydrogen) atoms. The standard InChI is InChI=1S/C12H8ClF4N3O/c1-20-10(8(14)9(19-20)12(15,16)17)18-11(21)6-2-4-7(13)5-3-6/h2-5H,1H3,(H,18,21). The maximum atomic E-state index is 13.7. The van der Waals surface area contributed by atoms with Gasteiger partial charge in [0, 0.05) is 17.6 Å². The summed E-state index contributed by atoms with van der Waals surface area (Å²) in [4.78, 5) is 11.8. The molecule has 2 rings (SSSR count). The highest BCUT2D eigenvalue weighted by Gasteiger charge is 2.40. The Morgan fingerprint density at radius 1 is 1.29 bits per heavy atom. The number of nitrogens with zero attached hydrogens (tertiary/aromatic N) is 2. The summed E-state index contributed by atoms with van der Waals surface area (Å²) < 4.78 is 51.8. The summed E-state index contributed by atoms with van der Waals surface area (Å²) in [5.74, 6) is -3.07. The molecule has 0 saturated carbocycles. The Labute approximate surface area is 121 Å². The van der Waals surface area contributed by atoms with Gasteiger partial charge in [-0.2, -0.15) is 18.3 Å². The van der Waals surface area contributed by atoms with Crippen LogP contribution in [0, 0.1) is 5.82 Å². The van der Waals surface area contributed by atoms with Crippen LogP contribution in [0.25, 0.3) is 0 Å². The zero-order chi connectivity index (χ0) is 15.8. The number of nitrogens with one attached hydrogen (secondary N) is 1. The van der Waals surface area contributed by atoms with Crippen molar-refractivity contribution in [1.82, 2.24) is 9.78 Å². The molecule has 0 fully saturated rings. The summed E-state index contributed by atoms with van der Waals surface area (Å²) in [5.41, 5.74) is -1.56. The summed E-state index contributed by atoms with van der Waals surface area (Å²) >= 11 is 5.65. The highest BCUT2D eigenvalue weighted by Crippen LogP contribution is 2.33. The van der Waals surface area contributed by atoms with Crippen LogP contribution in [-0.2, 0) is 13.2 Å². The molecule has 1 heterocycles. The number of carbonyl (C=O) groups excluding carboxylic acids is 1. The van der Waals surface area contributed by atoms with Gasteiger partial charge >= 0.3 is 6.18 Å². The number of hydrogen-bond acceptors (Lipinski definition) is 2. The van der Waals surface area contributed by atoms with E-state index in [9.17, 15) is 22.4 Å². The molecule has 4 nitrogen and oxygen atoms in total. The third kappa shape index (κ3) is 3.15. The first-order chi connectivity index (χ1) is 9.70. The van der Waals surface area contributed by atoms with Crippen molar-refractivity contribution in [3.05, 3.63) is 46.4 Å².